The first kappa shape index (κ1) is 17.5. The highest BCUT2D eigenvalue weighted by Crippen LogP contribution is 2.28. The van der Waals surface area contributed by atoms with Crippen molar-refractivity contribution in [3.05, 3.63) is 60.2 Å². The summed E-state index contributed by atoms with van der Waals surface area (Å²) in [6, 6.07) is 18.4. The maximum absolute atomic E-state index is 12.3. The Hall–Kier alpha value is -2.33. The van der Waals surface area contributed by atoms with Gasteiger partial charge in [-0.25, -0.2) is 0 Å². The summed E-state index contributed by atoms with van der Waals surface area (Å²) in [5.41, 5.74) is 3.34. The standard InChI is InChI=1S/C21H27N3O/c25-21(17-22-14-13-18-9-3-1-4-10-18)23-19-11-5-6-12-20(19)24-15-7-2-8-16-24/h1,3-6,9-12,22H,2,7-8,13-17H2,(H,23,25). The summed E-state index contributed by atoms with van der Waals surface area (Å²) in [6.07, 6.45) is 4.68. The SMILES string of the molecule is O=C(CNCCc1ccccc1)Nc1ccccc1N1CCCCC1. The molecular weight excluding hydrogens is 310 g/mol. The molecule has 25 heavy (non-hydrogen) atoms. The van der Waals surface area contributed by atoms with Gasteiger partial charge in [-0.05, 0) is 49.9 Å². The van der Waals surface area contributed by atoms with Crippen LogP contribution in [0.2, 0.25) is 0 Å². The first-order chi connectivity index (χ1) is 12.3. The number of hydrogen-bond acceptors (Lipinski definition) is 3. The van der Waals surface area contributed by atoms with E-state index >= 15 is 0 Å². The lowest BCUT2D eigenvalue weighted by atomic mass is 10.1. The zero-order valence-corrected chi connectivity index (χ0v) is 14.7. The molecule has 1 aliphatic rings. The third kappa shape index (κ3) is 5.33. The topological polar surface area (TPSA) is 44.4 Å². The second kappa shape index (κ2) is 9.23. The summed E-state index contributed by atoms with van der Waals surface area (Å²) in [5, 5.41) is 6.29. The fraction of sp³-hybridized carbons (Fsp3) is 0.381. The highest BCUT2D eigenvalue weighted by molar-refractivity contribution is 5.95. The van der Waals surface area contributed by atoms with E-state index in [0.29, 0.717) is 6.54 Å². The number of amides is 1. The lowest BCUT2D eigenvalue weighted by Crippen LogP contribution is -2.32. The second-order valence-corrected chi connectivity index (χ2v) is 6.53. The van der Waals surface area contributed by atoms with Crippen molar-refractivity contribution in [2.45, 2.75) is 25.7 Å². The molecular formula is C21H27N3O. The van der Waals surface area contributed by atoms with E-state index in [2.05, 4.69) is 33.7 Å². The van der Waals surface area contributed by atoms with Crippen molar-refractivity contribution in [2.24, 2.45) is 0 Å². The number of carbonyl (C=O) groups excluding carboxylic acids is 1. The molecule has 0 atom stereocenters. The van der Waals surface area contributed by atoms with Gasteiger partial charge in [0, 0.05) is 13.1 Å². The zero-order chi connectivity index (χ0) is 17.3. The zero-order valence-electron chi connectivity index (χ0n) is 14.7. The number of nitrogens with zero attached hydrogens (tertiary/aromatic N) is 1. The molecule has 3 rings (SSSR count). The molecule has 1 fully saturated rings. The van der Waals surface area contributed by atoms with Gasteiger partial charge >= 0.3 is 0 Å². The molecule has 0 bridgehead atoms. The normalized spacial score (nSPS) is 14.3. The van der Waals surface area contributed by atoms with Gasteiger partial charge in [0.1, 0.15) is 0 Å². The molecule has 0 aliphatic carbocycles. The summed E-state index contributed by atoms with van der Waals surface area (Å²) >= 11 is 0. The molecule has 0 unspecified atom stereocenters. The van der Waals surface area contributed by atoms with Gasteiger partial charge in [-0.15, -0.1) is 0 Å². The summed E-state index contributed by atoms with van der Waals surface area (Å²) in [7, 11) is 0. The van der Waals surface area contributed by atoms with Gasteiger partial charge in [0.15, 0.2) is 0 Å². The Labute approximate surface area is 150 Å². The van der Waals surface area contributed by atoms with Gasteiger partial charge < -0.3 is 15.5 Å². The van der Waals surface area contributed by atoms with Crippen LogP contribution in [0.1, 0.15) is 24.8 Å². The van der Waals surface area contributed by atoms with E-state index in [1.807, 2.05) is 36.4 Å². The third-order valence-electron chi connectivity index (χ3n) is 4.59. The van der Waals surface area contributed by atoms with Gasteiger partial charge in [-0.2, -0.15) is 0 Å². The number of piperidine rings is 1. The predicted molar refractivity (Wildman–Crippen MR) is 104 cm³/mol. The van der Waals surface area contributed by atoms with E-state index < -0.39 is 0 Å². The second-order valence-electron chi connectivity index (χ2n) is 6.53. The summed E-state index contributed by atoms with van der Waals surface area (Å²) in [4.78, 5) is 14.6. The molecule has 1 heterocycles. The third-order valence-corrected chi connectivity index (χ3v) is 4.59. The Balaban J connectivity index is 1.47. The number of carbonyl (C=O) groups is 1. The van der Waals surface area contributed by atoms with Crippen LogP contribution >= 0.6 is 0 Å². The quantitative estimate of drug-likeness (QED) is 0.761. The van der Waals surface area contributed by atoms with Gasteiger partial charge in [0.05, 0.1) is 17.9 Å². The van der Waals surface area contributed by atoms with E-state index in [4.69, 9.17) is 0 Å². The molecule has 4 nitrogen and oxygen atoms in total. The van der Waals surface area contributed by atoms with Crippen LogP contribution in [0.15, 0.2) is 54.6 Å². The van der Waals surface area contributed by atoms with E-state index in [0.717, 1.165) is 37.4 Å². The van der Waals surface area contributed by atoms with Crippen molar-refractivity contribution in [3.8, 4) is 0 Å². The van der Waals surface area contributed by atoms with Crippen LogP contribution in [0.5, 0.6) is 0 Å². The Kier molecular flexibility index (Phi) is 6.46. The summed E-state index contributed by atoms with van der Waals surface area (Å²) in [5.74, 6) is 0.0116. The maximum Gasteiger partial charge on any atom is 0.238 e. The lowest BCUT2D eigenvalue weighted by Gasteiger charge is -2.30. The van der Waals surface area contributed by atoms with Crippen LogP contribution in [0.4, 0.5) is 11.4 Å². The summed E-state index contributed by atoms with van der Waals surface area (Å²) < 4.78 is 0. The van der Waals surface area contributed by atoms with E-state index in [1.54, 1.807) is 0 Å². The van der Waals surface area contributed by atoms with Crippen molar-refractivity contribution in [3.63, 3.8) is 0 Å². The largest absolute Gasteiger partial charge is 0.370 e. The average molecular weight is 337 g/mol. The molecule has 1 amide bonds. The van der Waals surface area contributed by atoms with Crippen LogP contribution in [-0.2, 0) is 11.2 Å². The number of hydrogen-bond donors (Lipinski definition) is 2. The molecule has 0 radical (unpaired) electrons. The molecule has 0 spiro atoms. The van der Waals surface area contributed by atoms with E-state index in [1.165, 1.54) is 24.8 Å². The van der Waals surface area contributed by atoms with Crippen LogP contribution in [0.3, 0.4) is 0 Å². The van der Waals surface area contributed by atoms with Crippen LogP contribution < -0.4 is 15.5 Å². The number of benzene rings is 2. The van der Waals surface area contributed by atoms with E-state index in [-0.39, 0.29) is 5.91 Å². The van der Waals surface area contributed by atoms with Gasteiger partial charge in [-0.3, -0.25) is 4.79 Å². The predicted octanol–water partition coefficient (Wildman–Crippen LogP) is 3.45. The first-order valence-corrected chi connectivity index (χ1v) is 9.21. The monoisotopic (exact) mass is 337 g/mol. The lowest BCUT2D eigenvalue weighted by molar-refractivity contribution is -0.115. The van der Waals surface area contributed by atoms with Crippen LogP contribution in [0, 0.1) is 0 Å². The number of rotatable bonds is 7. The molecule has 2 aromatic rings. The molecule has 0 aromatic heterocycles. The highest BCUT2D eigenvalue weighted by Gasteiger charge is 2.15. The van der Waals surface area contributed by atoms with E-state index in [9.17, 15) is 4.79 Å². The summed E-state index contributed by atoms with van der Waals surface area (Å²) in [6.45, 7) is 3.27. The fourth-order valence-corrected chi connectivity index (χ4v) is 3.26. The fourth-order valence-electron chi connectivity index (χ4n) is 3.26. The Bertz CT molecular complexity index is 666. The molecule has 0 saturated carbocycles. The minimum Gasteiger partial charge on any atom is -0.370 e. The smallest absolute Gasteiger partial charge is 0.238 e. The van der Waals surface area contributed by atoms with Crippen molar-refractivity contribution >= 4 is 17.3 Å². The molecule has 4 heteroatoms. The van der Waals surface area contributed by atoms with Crippen LogP contribution in [-0.4, -0.2) is 32.1 Å². The van der Waals surface area contributed by atoms with Crippen LogP contribution in [0.25, 0.3) is 0 Å². The van der Waals surface area contributed by atoms with Gasteiger partial charge in [0.25, 0.3) is 0 Å². The number of para-hydroxylation sites is 2. The van der Waals surface area contributed by atoms with Crippen molar-refractivity contribution < 1.29 is 4.79 Å². The Morgan fingerprint density at radius 3 is 2.44 bits per heavy atom. The molecule has 132 valence electrons. The molecule has 2 aromatic carbocycles. The van der Waals surface area contributed by atoms with Crippen molar-refractivity contribution in [2.75, 3.05) is 36.4 Å². The average Bonchev–Trinajstić information content (AvgIpc) is 2.67. The Morgan fingerprint density at radius 2 is 1.64 bits per heavy atom. The maximum atomic E-state index is 12.3. The number of anilines is 2. The molecule has 1 saturated heterocycles. The molecule has 1 aliphatic heterocycles. The van der Waals surface area contributed by atoms with Gasteiger partial charge in [0.2, 0.25) is 5.91 Å². The van der Waals surface area contributed by atoms with Crippen molar-refractivity contribution in [1.82, 2.24) is 5.32 Å². The minimum atomic E-state index is 0.0116. The first-order valence-electron chi connectivity index (χ1n) is 9.21. The van der Waals surface area contributed by atoms with Gasteiger partial charge in [-0.1, -0.05) is 42.5 Å². The van der Waals surface area contributed by atoms with Crippen molar-refractivity contribution in [1.29, 1.82) is 0 Å². The molecule has 2 N–H and O–H groups in total. The Morgan fingerprint density at radius 1 is 0.920 bits per heavy atom. The number of nitrogens with one attached hydrogen (secondary N) is 2. The minimum absolute atomic E-state index is 0.0116. The highest BCUT2D eigenvalue weighted by atomic mass is 16.1.